The van der Waals surface area contributed by atoms with Crippen LogP contribution in [0.25, 0.3) is 11.3 Å². The van der Waals surface area contributed by atoms with Crippen LogP contribution in [0, 0.1) is 11.6 Å². The summed E-state index contributed by atoms with van der Waals surface area (Å²) in [6, 6.07) is 1.91. The van der Waals surface area contributed by atoms with Crippen molar-refractivity contribution in [3.05, 3.63) is 46.3 Å². The molecule has 5 rings (SSSR count). The number of halogens is 3. The van der Waals surface area contributed by atoms with Gasteiger partial charge in [-0.15, -0.1) is 10.2 Å². The molecule has 2 aliphatic rings. The molecule has 5 atom stereocenters. The molecular weight excluding hydrogens is 570 g/mol. The molecule has 1 saturated carbocycles. The summed E-state index contributed by atoms with van der Waals surface area (Å²) in [5.41, 5.74) is 0.434. The van der Waals surface area contributed by atoms with Crippen LogP contribution in [-0.2, 0) is 26.2 Å². The Morgan fingerprint density at radius 2 is 1.92 bits per heavy atom. The van der Waals surface area contributed by atoms with Gasteiger partial charge in [-0.25, -0.2) is 18.1 Å². The number of hydrogen-bond donors (Lipinski definition) is 2. The predicted molar refractivity (Wildman–Crippen MR) is 132 cm³/mol. The summed E-state index contributed by atoms with van der Waals surface area (Å²) < 4.78 is 49.0. The van der Waals surface area contributed by atoms with Crippen molar-refractivity contribution >= 4 is 15.9 Å². The van der Waals surface area contributed by atoms with Crippen LogP contribution in [0.5, 0.6) is 0 Å². The van der Waals surface area contributed by atoms with Crippen LogP contribution in [0.15, 0.2) is 29.0 Å². The fraction of sp³-hybridized carbons (Fsp3) is 0.583. The molecule has 2 fully saturated rings. The Bertz CT molecular complexity index is 1270. The number of methoxy groups -OCH3 is 2. The van der Waals surface area contributed by atoms with Gasteiger partial charge in [-0.05, 0) is 47.3 Å². The maximum absolute atomic E-state index is 14.6. The van der Waals surface area contributed by atoms with E-state index in [0.717, 1.165) is 19.3 Å². The van der Waals surface area contributed by atoms with Crippen molar-refractivity contribution in [2.45, 2.75) is 61.7 Å². The molecule has 11 nitrogen and oxygen atoms in total. The van der Waals surface area contributed by atoms with Gasteiger partial charge in [0.1, 0.15) is 30.0 Å². The fourth-order valence-corrected chi connectivity index (χ4v) is 5.63. The molecular formula is C24H29BrF2N6O5. The van der Waals surface area contributed by atoms with Gasteiger partial charge in [-0.1, -0.05) is 10.4 Å². The van der Waals surface area contributed by atoms with Crippen molar-refractivity contribution in [3.63, 3.8) is 0 Å². The van der Waals surface area contributed by atoms with Crippen LogP contribution in [0.4, 0.5) is 8.78 Å². The molecule has 0 unspecified atom stereocenters. The summed E-state index contributed by atoms with van der Waals surface area (Å²) in [4.78, 5) is 0. The zero-order chi connectivity index (χ0) is 27.0. The highest BCUT2D eigenvalue weighted by Gasteiger charge is 2.47. The topological polar surface area (TPSA) is 130 Å². The Labute approximate surface area is 225 Å². The van der Waals surface area contributed by atoms with Crippen LogP contribution in [0.1, 0.15) is 31.0 Å². The van der Waals surface area contributed by atoms with E-state index in [9.17, 15) is 19.0 Å². The van der Waals surface area contributed by atoms with E-state index in [0.29, 0.717) is 12.3 Å². The number of aliphatic hydroxyl groups is 2. The van der Waals surface area contributed by atoms with E-state index < -0.39 is 48.7 Å². The Hall–Kier alpha value is -2.36. The number of aromatic nitrogens is 6. The second-order valence-electron chi connectivity index (χ2n) is 9.75. The Balaban J connectivity index is 1.42. The zero-order valence-corrected chi connectivity index (χ0v) is 22.5. The third kappa shape index (κ3) is 4.77. The highest BCUT2D eigenvalue weighted by Crippen LogP contribution is 2.39. The average Bonchev–Trinajstić information content (AvgIpc) is 3.55. The maximum Gasteiger partial charge on any atom is 0.173 e. The number of benzene rings is 1. The lowest BCUT2D eigenvalue weighted by atomic mass is 9.77. The van der Waals surface area contributed by atoms with Gasteiger partial charge in [-0.2, -0.15) is 0 Å². The van der Waals surface area contributed by atoms with Crippen molar-refractivity contribution in [2.24, 2.45) is 0 Å². The SMILES string of the molecule is COCC1(n2cc(C[C@H]3O[C@H](CO)[C@H](O)[C@H](n4cc(-c5ccc(Br)c(F)c5F)nn4)[C@H]3OC)nn2)CCC1. The highest BCUT2D eigenvalue weighted by molar-refractivity contribution is 9.10. The van der Waals surface area contributed by atoms with Crippen LogP contribution in [-0.4, -0.2) is 92.1 Å². The van der Waals surface area contributed by atoms with Gasteiger partial charge in [0.15, 0.2) is 11.6 Å². The molecule has 0 bridgehead atoms. The molecule has 1 aromatic carbocycles. The first kappa shape index (κ1) is 27.2. The normalized spacial score (nSPS) is 26.9. The van der Waals surface area contributed by atoms with E-state index in [1.807, 2.05) is 10.9 Å². The van der Waals surface area contributed by atoms with E-state index in [1.165, 1.54) is 30.1 Å². The molecule has 206 valence electrons. The minimum atomic E-state index is -1.22. The molecule has 1 saturated heterocycles. The van der Waals surface area contributed by atoms with Gasteiger partial charge in [-0.3, -0.25) is 0 Å². The second-order valence-corrected chi connectivity index (χ2v) is 10.6. The fourth-order valence-electron chi connectivity index (χ4n) is 5.32. The Morgan fingerprint density at radius 1 is 1.13 bits per heavy atom. The van der Waals surface area contributed by atoms with E-state index in [4.69, 9.17) is 14.2 Å². The Kier molecular flexibility index (Phi) is 7.89. The number of nitrogens with zero attached hydrogens (tertiary/aromatic N) is 6. The summed E-state index contributed by atoms with van der Waals surface area (Å²) >= 11 is 2.96. The standard InChI is InChI=1S/C24H29BrF2N6O5/c1-36-12-24(6-3-7-24)33-9-13(28-31-33)8-17-23(37-2)21(22(35)18(11-34)38-17)32-10-16(29-30-32)14-4-5-15(25)20(27)19(14)26/h4-5,9-10,17-18,21-23,34-35H,3,6-8,11-12H2,1-2H3/t17-,18-,21+,22+,23+/m1/s1. The van der Waals surface area contributed by atoms with Gasteiger partial charge < -0.3 is 24.4 Å². The van der Waals surface area contributed by atoms with Crippen LogP contribution >= 0.6 is 15.9 Å². The molecule has 38 heavy (non-hydrogen) atoms. The predicted octanol–water partition coefficient (Wildman–Crippen LogP) is 2.02. The first-order chi connectivity index (χ1) is 18.3. The molecule has 2 aromatic heterocycles. The first-order valence-electron chi connectivity index (χ1n) is 12.3. The molecule has 0 radical (unpaired) electrons. The third-order valence-corrected chi connectivity index (χ3v) is 8.11. The van der Waals surface area contributed by atoms with E-state index >= 15 is 0 Å². The first-order valence-corrected chi connectivity index (χ1v) is 13.0. The van der Waals surface area contributed by atoms with Crippen LogP contribution in [0.2, 0.25) is 0 Å². The number of rotatable bonds is 9. The second kappa shape index (κ2) is 11.0. The molecule has 1 aliphatic carbocycles. The maximum atomic E-state index is 14.6. The smallest absolute Gasteiger partial charge is 0.173 e. The number of aliphatic hydroxyl groups excluding tert-OH is 2. The van der Waals surface area contributed by atoms with Crippen molar-refractivity contribution in [3.8, 4) is 11.3 Å². The minimum Gasteiger partial charge on any atom is -0.394 e. The van der Waals surface area contributed by atoms with Gasteiger partial charge in [0.2, 0.25) is 0 Å². The van der Waals surface area contributed by atoms with Gasteiger partial charge in [0.05, 0.1) is 41.2 Å². The molecule has 14 heteroatoms. The van der Waals surface area contributed by atoms with Gasteiger partial charge in [0.25, 0.3) is 0 Å². The van der Waals surface area contributed by atoms with Crippen LogP contribution in [0.3, 0.4) is 0 Å². The molecule has 0 amide bonds. The molecule has 3 aromatic rings. The quantitative estimate of drug-likeness (QED) is 0.355. The lowest BCUT2D eigenvalue weighted by molar-refractivity contribution is -0.212. The molecule has 2 N–H and O–H groups in total. The van der Waals surface area contributed by atoms with Gasteiger partial charge in [0, 0.05) is 32.4 Å². The monoisotopic (exact) mass is 598 g/mol. The summed E-state index contributed by atoms with van der Waals surface area (Å²) in [7, 11) is 3.13. The van der Waals surface area contributed by atoms with Crippen molar-refractivity contribution in [1.82, 2.24) is 30.0 Å². The third-order valence-electron chi connectivity index (χ3n) is 7.50. The summed E-state index contributed by atoms with van der Waals surface area (Å²) in [6.07, 6.45) is 2.99. The minimum absolute atomic E-state index is 0.0125. The van der Waals surface area contributed by atoms with Gasteiger partial charge >= 0.3 is 0 Å². The molecule has 0 spiro atoms. The van der Waals surface area contributed by atoms with E-state index in [1.54, 1.807) is 7.11 Å². The summed E-state index contributed by atoms with van der Waals surface area (Å²) in [5, 5.41) is 37.7. The lowest BCUT2D eigenvalue weighted by Gasteiger charge is -2.43. The van der Waals surface area contributed by atoms with Crippen molar-refractivity contribution < 1.29 is 33.2 Å². The summed E-state index contributed by atoms with van der Waals surface area (Å²) in [6.45, 7) is 0.0805. The summed E-state index contributed by atoms with van der Waals surface area (Å²) in [5.74, 6) is -2.12. The van der Waals surface area contributed by atoms with E-state index in [-0.39, 0.29) is 27.7 Å². The highest BCUT2D eigenvalue weighted by atomic mass is 79.9. The lowest BCUT2D eigenvalue weighted by Crippen LogP contribution is -2.57. The zero-order valence-electron chi connectivity index (χ0n) is 20.9. The molecule has 1 aliphatic heterocycles. The van der Waals surface area contributed by atoms with Crippen LogP contribution < -0.4 is 0 Å². The Morgan fingerprint density at radius 3 is 2.58 bits per heavy atom. The average molecular weight is 599 g/mol. The molecule has 3 heterocycles. The number of hydrogen-bond acceptors (Lipinski definition) is 9. The number of ether oxygens (including phenoxy) is 3. The van der Waals surface area contributed by atoms with Crippen molar-refractivity contribution in [2.75, 3.05) is 27.4 Å². The van der Waals surface area contributed by atoms with E-state index in [2.05, 4.69) is 36.6 Å². The largest absolute Gasteiger partial charge is 0.394 e. The van der Waals surface area contributed by atoms with Crippen molar-refractivity contribution in [1.29, 1.82) is 0 Å².